The fourth-order valence-corrected chi connectivity index (χ4v) is 5.52. The molecule has 2 aromatic rings. The summed E-state index contributed by atoms with van der Waals surface area (Å²) in [7, 11) is 0. The average Bonchev–Trinajstić information content (AvgIpc) is 3.37. The van der Waals surface area contributed by atoms with Crippen molar-refractivity contribution in [2.24, 2.45) is 11.8 Å². The SMILES string of the molecule is Cc1ccccc1CN1C[C@@H]2[C@H](CNC(=O)c3ccncc3)[C@H]3CC[C@]2(C1)O3. The Morgan fingerprint density at radius 3 is 2.93 bits per heavy atom. The van der Waals surface area contributed by atoms with Gasteiger partial charge in [-0.3, -0.25) is 14.7 Å². The van der Waals surface area contributed by atoms with Gasteiger partial charge in [-0.2, -0.15) is 0 Å². The zero-order valence-corrected chi connectivity index (χ0v) is 16.3. The van der Waals surface area contributed by atoms with E-state index in [2.05, 4.69) is 46.4 Å². The number of pyridine rings is 1. The van der Waals surface area contributed by atoms with Gasteiger partial charge in [0.2, 0.25) is 0 Å². The summed E-state index contributed by atoms with van der Waals surface area (Å²) in [5.41, 5.74) is 3.42. The molecule has 3 aliphatic rings. The number of ether oxygens (including phenoxy) is 1. The van der Waals surface area contributed by atoms with E-state index in [0.29, 0.717) is 30.0 Å². The number of amides is 1. The molecule has 3 aliphatic heterocycles. The summed E-state index contributed by atoms with van der Waals surface area (Å²) >= 11 is 0. The van der Waals surface area contributed by atoms with Gasteiger partial charge in [-0.1, -0.05) is 24.3 Å². The van der Waals surface area contributed by atoms with Crippen molar-refractivity contribution >= 4 is 5.91 Å². The molecule has 0 saturated carbocycles. The van der Waals surface area contributed by atoms with E-state index in [9.17, 15) is 4.79 Å². The first-order chi connectivity index (χ1) is 13.6. The molecule has 5 rings (SSSR count). The number of carbonyl (C=O) groups is 1. The molecule has 1 aromatic carbocycles. The van der Waals surface area contributed by atoms with E-state index in [4.69, 9.17) is 4.74 Å². The first-order valence-electron chi connectivity index (χ1n) is 10.3. The number of benzene rings is 1. The summed E-state index contributed by atoms with van der Waals surface area (Å²) in [5.74, 6) is 0.892. The van der Waals surface area contributed by atoms with Crippen LogP contribution in [0.3, 0.4) is 0 Å². The number of hydrogen-bond acceptors (Lipinski definition) is 4. The van der Waals surface area contributed by atoms with Crippen LogP contribution in [0.4, 0.5) is 0 Å². The third-order valence-corrected chi connectivity index (χ3v) is 6.95. The van der Waals surface area contributed by atoms with Crippen LogP contribution in [-0.2, 0) is 11.3 Å². The molecule has 4 atom stereocenters. The number of hydrogen-bond donors (Lipinski definition) is 1. The summed E-state index contributed by atoms with van der Waals surface area (Å²) in [6.07, 6.45) is 5.88. The van der Waals surface area contributed by atoms with Crippen LogP contribution in [0.15, 0.2) is 48.8 Å². The number of fused-ring (bicyclic) bond motifs is 1. The van der Waals surface area contributed by atoms with E-state index in [0.717, 1.165) is 32.5 Å². The molecule has 1 aromatic heterocycles. The van der Waals surface area contributed by atoms with Crippen LogP contribution in [0.25, 0.3) is 0 Å². The van der Waals surface area contributed by atoms with Gasteiger partial charge >= 0.3 is 0 Å². The van der Waals surface area contributed by atoms with Crippen LogP contribution in [0.5, 0.6) is 0 Å². The van der Waals surface area contributed by atoms with E-state index in [1.54, 1.807) is 24.5 Å². The topological polar surface area (TPSA) is 54.5 Å². The Bertz CT molecular complexity index is 871. The quantitative estimate of drug-likeness (QED) is 0.871. The molecular formula is C23H27N3O2. The Balaban J connectivity index is 1.26. The summed E-state index contributed by atoms with van der Waals surface area (Å²) in [4.78, 5) is 19.0. The van der Waals surface area contributed by atoms with E-state index >= 15 is 0 Å². The minimum atomic E-state index is -0.0195. The van der Waals surface area contributed by atoms with Crippen molar-refractivity contribution in [2.45, 2.75) is 38.0 Å². The predicted octanol–water partition coefficient (Wildman–Crippen LogP) is 2.80. The molecule has 1 N–H and O–H groups in total. The second-order valence-corrected chi connectivity index (χ2v) is 8.57. The van der Waals surface area contributed by atoms with Crippen molar-refractivity contribution in [2.75, 3.05) is 19.6 Å². The third-order valence-electron chi connectivity index (χ3n) is 6.95. The van der Waals surface area contributed by atoms with Gasteiger partial charge in [0, 0.05) is 56.0 Å². The Hall–Kier alpha value is -2.24. The summed E-state index contributed by atoms with van der Waals surface area (Å²) < 4.78 is 6.53. The van der Waals surface area contributed by atoms with Crippen LogP contribution in [0, 0.1) is 18.8 Å². The number of nitrogens with one attached hydrogen (secondary N) is 1. The van der Waals surface area contributed by atoms with Crippen molar-refractivity contribution in [1.29, 1.82) is 0 Å². The molecule has 3 saturated heterocycles. The molecule has 3 fully saturated rings. The van der Waals surface area contributed by atoms with Crippen LogP contribution < -0.4 is 5.32 Å². The molecule has 0 radical (unpaired) electrons. The number of nitrogens with zero attached hydrogens (tertiary/aromatic N) is 2. The third kappa shape index (κ3) is 3.03. The second kappa shape index (κ2) is 6.98. The van der Waals surface area contributed by atoms with Crippen LogP contribution in [-0.4, -0.2) is 47.1 Å². The number of rotatable bonds is 5. The zero-order valence-electron chi connectivity index (χ0n) is 16.3. The van der Waals surface area contributed by atoms with Gasteiger partial charge in [0.1, 0.15) is 0 Å². The first-order valence-corrected chi connectivity index (χ1v) is 10.3. The van der Waals surface area contributed by atoms with Crippen LogP contribution >= 0.6 is 0 Å². The van der Waals surface area contributed by atoms with Crippen LogP contribution in [0.1, 0.15) is 34.3 Å². The van der Waals surface area contributed by atoms with Gasteiger partial charge in [0.25, 0.3) is 5.91 Å². The predicted molar refractivity (Wildman–Crippen MR) is 107 cm³/mol. The highest BCUT2D eigenvalue weighted by Gasteiger charge is 2.62. The fourth-order valence-electron chi connectivity index (χ4n) is 5.52. The lowest BCUT2D eigenvalue weighted by molar-refractivity contribution is 0.00211. The van der Waals surface area contributed by atoms with E-state index in [1.807, 2.05) is 0 Å². The number of aromatic nitrogens is 1. The maximum atomic E-state index is 12.5. The largest absolute Gasteiger partial charge is 0.370 e. The van der Waals surface area contributed by atoms with Gasteiger partial charge in [-0.05, 0) is 43.0 Å². The molecule has 28 heavy (non-hydrogen) atoms. The molecule has 5 nitrogen and oxygen atoms in total. The molecule has 0 unspecified atom stereocenters. The molecule has 146 valence electrons. The van der Waals surface area contributed by atoms with Crippen LogP contribution in [0.2, 0.25) is 0 Å². The Morgan fingerprint density at radius 2 is 2.11 bits per heavy atom. The molecule has 5 heteroatoms. The smallest absolute Gasteiger partial charge is 0.251 e. The molecular weight excluding hydrogens is 350 g/mol. The maximum absolute atomic E-state index is 12.5. The lowest BCUT2D eigenvalue weighted by atomic mass is 9.73. The van der Waals surface area contributed by atoms with Crippen molar-refractivity contribution < 1.29 is 9.53 Å². The highest BCUT2D eigenvalue weighted by molar-refractivity contribution is 5.93. The number of aryl methyl sites for hydroxylation is 1. The number of carbonyl (C=O) groups excluding carboxylic acids is 1. The monoisotopic (exact) mass is 377 g/mol. The minimum absolute atomic E-state index is 0.000582. The Morgan fingerprint density at radius 1 is 1.29 bits per heavy atom. The summed E-state index contributed by atoms with van der Waals surface area (Å²) in [5, 5.41) is 3.14. The maximum Gasteiger partial charge on any atom is 0.251 e. The van der Waals surface area contributed by atoms with Gasteiger partial charge in [0.05, 0.1) is 11.7 Å². The normalized spacial score (nSPS) is 31.1. The summed E-state index contributed by atoms with van der Waals surface area (Å²) in [6, 6.07) is 12.1. The van der Waals surface area contributed by atoms with Crippen molar-refractivity contribution in [1.82, 2.24) is 15.2 Å². The lowest BCUT2D eigenvalue weighted by Gasteiger charge is -2.29. The minimum Gasteiger partial charge on any atom is -0.370 e. The molecule has 1 amide bonds. The Kier molecular flexibility index (Phi) is 4.44. The molecule has 1 spiro atoms. The van der Waals surface area contributed by atoms with Crippen molar-refractivity contribution in [3.8, 4) is 0 Å². The highest BCUT2D eigenvalue weighted by Crippen LogP contribution is 2.54. The average molecular weight is 377 g/mol. The summed E-state index contributed by atoms with van der Waals surface area (Å²) in [6.45, 7) is 5.92. The zero-order chi connectivity index (χ0) is 19.1. The molecule has 2 bridgehead atoms. The van der Waals surface area contributed by atoms with E-state index in [1.165, 1.54) is 11.1 Å². The van der Waals surface area contributed by atoms with Gasteiger partial charge in [0.15, 0.2) is 0 Å². The first kappa shape index (κ1) is 17.8. The highest BCUT2D eigenvalue weighted by atomic mass is 16.5. The van der Waals surface area contributed by atoms with Gasteiger partial charge < -0.3 is 10.1 Å². The van der Waals surface area contributed by atoms with E-state index < -0.39 is 0 Å². The van der Waals surface area contributed by atoms with Gasteiger partial charge in [-0.25, -0.2) is 0 Å². The standard InChI is InChI=1S/C23H27N3O2/c1-16-4-2-3-5-18(16)13-26-14-20-19(21-6-9-23(20,15-26)28-21)12-25-22(27)17-7-10-24-11-8-17/h2-5,7-8,10-11,19-21H,6,9,12-15H2,1H3,(H,25,27)/t19-,20+,21+,23+/m0/s1. The number of likely N-dealkylation sites (tertiary alicyclic amines) is 1. The van der Waals surface area contributed by atoms with Crippen molar-refractivity contribution in [3.63, 3.8) is 0 Å². The lowest BCUT2D eigenvalue weighted by Crippen LogP contribution is -2.41. The second-order valence-electron chi connectivity index (χ2n) is 8.57. The molecule has 4 heterocycles. The van der Waals surface area contributed by atoms with Gasteiger partial charge in [-0.15, -0.1) is 0 Å². The van der Waals surface area contributed by atoms with Crippen molar-refractivity contribution in [3.05, 3.63) is 65.5 Å². The molecule has 0 aliphatic carbocycles. The van der Waals surface area contributed by atoms with E-state index in [-0.39, 0.29) is 11.5 Å². The Labute approximate surface area is 166 Å². The fraction of sp³-hybridized carbons (Fsp3) is 0.478.